The largest absolute Gasteiger partial charge is 0.444 e. The Balaban J connectivity index is 2.03. The van der Waals surface area contributed by atoms with Gasteiger partial charge in [0.2, 0.25) is 0 Å². The average Bonchev–Trinajstić information content (AvgIpc) is 2.44. The van der Waals surface area contributed by atoms with E-state index in [1.807, 2.05) is 57.2 Å². The van der Waals surface area contributed by atoms with Crippen molar-refractivity contribution in [3.05, 3.63) is 47.3 Å². The molecule has 2 rings (SSSR count). The minimum atomic E-state index is -0.496. The van der Waals surface area contributed by atoms with E-state index >= 15 is 0 Å². The van der Waals surface area contributed by atoms with E-state index in [2.05, 4.69) is 10.3 Å². The number of pyridine rings is 1. The van der Waals surface area contributed by atoms with Crippen molar-refractivity contribution < 1.29 is 9.53 Å². The molecule has 0 unspecified atom stereocenters. The maximum atomic E-state index is 11.5. The molecule has 2 aromatic rings. The van der Waals surface area contributed by atoms with Crippen LogP contribution in [-0.4, -0.2) is 23.2 Å². The number of carbonyl (C=O) groups excluding carboxylic acids is 1. The smallest absolute Gasteiger partial charge is 0.407 e. The summed E-state index contributed by atoms with van der Waals surface area (Å²) in [5.74, 6) is 0. The number of fused-ring (bicyclic) bond motifs is 1. The second-order valence-electron chi connectivity index (χ2n) is 5.84. The van der Waals surface area contributed by atoms with Crippen molar-refractivity contribution in [3.63, 3.8) is 0 Å². The van der Waals surface area contributed by atoms with Crippen LogP contribution in [0.3, 0.4) is 0 Å². The highest BCUT2D eigenvalue weighted by Crippen LogP contribution is 2.24. The molecule has 0 bridgehead atoms. The molecule has 116 valence electrons. The van der Waals surface area contributed by atoms with Crippen LogP contribution in [0.2, 0.25) is 5.15 Å². The lowest BCUT2D eigenvalue weighted by Gasteiger charge is -2.19. The molecule has 0 saturated heterocycles. The number of alkyl carbamates (subject to hydrolysis) is 1. The number of hydrogen-bond donors (Lipinski definition) is 1. The molecule has 0 fully saturated rings. The average molecular weight is 319 g/mol. The number of carbonyl (C=O) groups is 1. The van der Waals surface area contributed by atoms with E-state index in [9.17, 15) is 4.79 Å². The van der Waals surface area contributed by atoms with Crippen LogP contribution < -0.4 is 5.32 Å². The van der Waals surface area contributed by atoms with Crippen LogP contribution in [0.1, 0.15) is 26.3 Å². The lowest BCUT2D eigenvalue weighted by atomic mass is 10.1. The summed E-state index contributed by atoms with van der Waals surface area (Å²) in [5.41, 5.74) is 0.454. The van der Waals surface area contributed by atoms with E-state index in [0.29, 0.717) is 11.7 Å². The van der Waals surface area contributed by atoms with Gasteiger partial charge in [-0.2, -0.15) is 0 Å². The van der Waals surface area contributed by atoms with Crippen molar-refractivity contribution in [2.75, 3.05) is 6.54 Å². The zero-order valence-corrected chi connectivity index (χ0v) is 13.6. The van der Waals surface area contributed by atoms with Crippen LogP contribution in [-0.2, 0) is 4.74 Å². The van der Waals surface area contributed by atoms with Gasteiger partial charge in [0.15, 0.2) is 0 Å². The Kier molecular flexibility index (Phi) is 5.03. The number of halogens is 1. The number of ether oxygens (including phenoxy) is 1. The fourth-order valence-corrected chi connectivity index (χ4v) is 2.17. The molecule has 22 heavy (non-hydrogen) atoms. The molecular formula is C17H19ClN2O2. The molecule has 0 saturated carbocycles. The maximum absolute atomic E-state index is 11.5. The number of nitrogens with zero attached hydrogens (tertiary/aromatic N) is 1. The number of benzene rings is 1. The molecule has 1 aromatic heterocycles. The second-order valence-corrected chi connectivity index (χ2v) is 6.19. The Morgan fingerprint density at radius 3 is 2.68 bits per heavy atom. The van der Waals surface area contributed by atoms with Crippen LogP contribution in [0.15, 0.2) is 36.5 Å². The van der Waals surface area contributed by atoms with E-state index in [0.717, 1.165) is 16.3 Å². The lowest BCUT2D eigenvalue weighted by molar-refractivity contribution is 0.0534. The first kappa shape index (κ1) is 16.3. The Morgan fingerprint density at radius 1 is 1.32 bits per heavy atom. The summed E-state index contributed by atoms with van der Waals surface area (Å²) in [6, 6.07) is 7.80. The molecule has 0 spiro atoms. The normalized spacial score (nSPS) is 11.8. The zero-order valence-electron chi connectivity index (χ0n) is 12.9. The minimum absolute atomic E-state index is 0.381. The van der Waals surface area contributed by atoms with E-state index < -0.39 is 11.7 Å². The van der Waals surface area contributed by atoms with Gasteiger partial charge in [-0.1, -0.05) is 48.0 Å². The Bertz CT molecular complexity index is 705. The van der Waals surface area contributed by atoms with E-state index in [1.54, 1.807) is 6.20 Å². The first-order valence-electron chi connectivity index (χ1n) is 7.03. The fourth-order valence-electron chi connectivity index (χ4n) is 1.96. The van der Waals surface area contributed by atoms with Crippen molar-refractivity contribution in [2.24, 2.45) is 0 Å². The highest BCUT2D eigenvalue weighted by Gasteiger charge is 2.14. The van der Waals surface area contributed by atoms with Crippen LogP contribution in [0, 0.1) is 0 Å². The monoisotopic (exact) mass is 318 g/mol. The maximum Gasteiger partial charge on any atom is 0.407 e. The summed E-state index contributed by atoms with van der Waals surface area (Å²) < 4.78 is 5.16. The predicted octanol–water partition coefficient (Wildman–Crippen LogP) is 4.43. The van der Waals surface area contributed by atoms with E-state index in [1.165, 1.54) is 0 Å². The SMILES string of the molecule is CC(C)(C)OC(=O)NCC=Cc1cnc(Cl)c2ccccc12. The first-order valence-corrected chi connectivity index (χ1v) is 7.41. The summed E-state index contributed by atoms with van der Waals surface area (Å²) in [6.45, 7) is 5.86. The van der Waals surface area contributed by atoms with Crippen molar-refractivity contribution in [1.29, 1.82) is 0 Å². The number of nitrogens with one attached hydrogen (secondary N) is 1. The second kappa shape index (κ2) is 6.79. The quantitative estimate of drug-likeness (QED) is 0.852. The highest BCUT2D eigenvalue weighted by molar-refractivity contribution is 6.34. The van der Waals surface area contributed by atoms with Crippen LogP contribution in [0.5, 0.6) is 0 Å². The van der Waals surface area contributed by atoms with Gasteiger partial charge < -0.3 is 10.1 Å². The molecule has 1 amide bonds. The van der Waals surface area contributed by atoms with Gasteiger partial charge in [-0.15, -0.1) is 0 Å². The molecule has 0 aliphatic rings. The van der Waals surface area contributed by atoms with Crippen LogP contribution >= 0.6 is 11.6 Å². The first-order chi connectivity index (χ1) is 10.4. The van der Waals surface area contributed by atoms with Gasteiger partial charge in [-0.3, -0.25) is 0 Å². The molecule has 0 atom stereocenters. The summed E-state index contributed by atoms with van der Waals surface area (Å²) in [6.07, 6.45) is 5.04. The molecule has 4 nitrogen and oxygen atoms in total. The molecule has 1 aromatic carbocycles. The molecule has 1 heterocycles. The Morgan fingerprint density at radius 2 is 2.00 bits per heavy atom. The lowest BCUT2D eigenvalue weighted by Crippen LogP contribution is -2.32. The predicted molar refractivity (Wildman–Crippen MR) is 90.0 cm³/mol. The summed E-state index contributed by atoms with van der Waals surface area (Å²) >= 11 is 6.08. The van der Waals surface area contributed by atoms with Gasteiger partial charge in [0, 0.05) is 23.7 Å². The molecular weight excluding hydrogens is 300 g/mol. The topological polar surface area (TPSA) is 51.2 Å². The number of amides is 1. The van der Waals surface area contributed by atoms with E-state index in [-0.39, 0.29) is 0 Å². The Labute approximate surface area is 135 Å². The number of aromatic nitrogens is 1. The fraction of sp³-hybridized carbons (Fsp3) is 0.294. The van der Waals surface area contributed by atoms with Crippen LogP contribution in [0.4, 0.5) is 4.79 Å². The van der Waals surface area contributed by atoms with Crippen molar-refractivity contribution in [3.8, 4) is 0 Å². The summed E-state index contributed by atoms with van der Waals surface area (Å²) in [5, 5.41) is 5.09. The number of rotatable bonds is 3. The molecule has 0 radical (unpaired) electrons. The van der Waals surface area contributed by atoms with Crippen LogP contribution in [0.25, 0.3) is 16.8 Å². The minimum Gasteiger partial charge on any atom is -0.444 e. The molecule has 0 aliphatic carbocycles. The molecule has 1 N–H and O–H groups in total. The van der Waals surface area contributed by atoms with Crippen molar-refractivity contribution in [2.45, 2.75) is 26.4 Å². The molecule has 5 heteroatoms. The number of hydrogen-bond acceptors (Lipinski definition) is 3. The van der Waals surface area contributed by atoms with E-state index in [4.69, 9.17) is 16.3 Å². The molecule has 0 aliphatic heterocycles. The third kappa shape index (κ3) is 4.46. The standard InChI is InChI=1S/C17H19ClN2O2/c1-17(2,3)22-16(21)19-10-6-7-12-11-20-15(18)14-9-5-4-8-13(12)14/h4-9,11H,10H2,1-3H3,(H,19,21). The summed E-state index contributed by atoms with van der Waals surface area (Å²) in [4.78, 5) is 15.7. The van der Waals surface area contributed by atoms with Gasteiger partial charge in [0.05, 0.1) is 0 Å². The highest BCUT2D eigenvalue weighted by atomic mass is 35.5. The third-order valence-corrected chi connectivity index (χ3v) is 3.14. The van der Waals surface area contributed by atoms with Gasteiger partial charge in [0.1, 0.15) is 10.8 Å². The Hall–Kier alpha value is -2.07. The van der Waals surface area contributed by atoms with Crippen molar-refractivity contribution >= 4 is 34.5 Å². The third-order valence-electron chi connectivity index (χ3n) is 2.84. The zero-order chi connectivity index (χ0) is 16.2. The van der Waals surface area contributed by atoms with Crippen molar-refractivity contribution in [1.82, 2.24) is 10.3 Å². The van der Waals surface area contributed by atoms with Gasteiger partial charge >= 0.3 is 6.09 Å². The summed E-state index contributed by atoms with van der Waals surface area (Å²) in [7, 11) is 0. The van der Waals surface area contributed by atoms with Gasteiger partial charge in [-0.25, -0.2) is 9.78 Å². The van der Waals surface area contributed by atoms with Gasteiger partial charge in [0.25, 0.3) is 0 Å². The van der Waals surface area contributed by atoms with Gasteiger partial charge in [-0.05, 0) is 26.2 Å².